The molecular formula is C12H18ClN3O. The van der Waals surface area contributed by atoms with Crippen molar-refractivity contribution in [3.63, 3.8) is 0 Å². The first-order chi connectivity index (χ1) is 8.11. The van der Waals surface area contributed by atoms with Gasteiger partial charge in [0, 0.05) is 12.6 Å². The van der Waals surface area contributed by atoms with Gasteiger partial charge in [-0.05, 0) is 39.2 Å². The van der Waals surface area contributed by atoms with E-state index < -0.39 is 0 Å². The van der Waals surface area contributed by atoms with Gasteiger partial charge in [-0.1, -0.05) is 0 Å². The molecular weight excluding hydrogens is 238 g/mol. The van der Waals surface area contributed by atoms with Crippen LogP contribution < -0.4 is 5.32 Å². The van der Waals surface area contributed by atoms with E-state index in [1.54, 1.807) is 4.68 Å². The molecule has 1 fully saturated rings. The van der Waals surface area contributed by atoms with Gasteiger partial charge in [0.1, 0.15) is 5.69 Å². The second-order valence-corrected chi connectivity index (χ2v) is 5.07. The summed E-state index contributed by atoms with van der Waals surface area (Å²) in [5, 5.41) is 7.34. The van der Waals surface area contributed by atoms with Crippen LogP contribution in [0.25, 0.3) is 0 Å². The van der Waals surface area contributed by atoms with Crippen LogP contribution in [0.2, 0.25) is 0 Å². The van der Waals surface area contributed by atoms with Crippen molar-refractivity contribution < 1.29 is 4.79 Å². The third kappa shape index (κ3) is 2.63. The SMILES string of the molecule is CCn1nc(C)cc1C(=O)NC1CCCC1Cl. The normalized spacial score (nSPS) is 23.9. The number of nitrogens with one attached hydrogen (secondary N) is 1. The van der Waals surface area contributed by atoms with E-state index in [2.05, 4.69) is 10.4 Å². The fourth-order valence-electron chi connectivity index (χ4n) is 2.29. The monoisotopic (exact) mass is 255 g/mol. The molecule has 1 saturated carbocycles. The molecule has 1 amide bonds. The molecule has 2 rings (SSSR count). The third-order valence-electron chi connectivity index (χ3n) is 3.18. The van der Waals surface area contributed by atoms with Crippen molar-refractivity contribution in [3.05, 3.63) is 17.5 Å². The summed E-state index contributed by atoms with van der Waals surface area (Å²) in [6.45, 7) is 4.57. The molecule has 1 N–H and O–H groups in total. The van der Waals surface area contributed by atoms with E-state index >= 15 is 0 Å². The largest absolute Gasteiger partial charge is 0.346 e. The molecule has 0 saturated heterocycles. The van der Waals surface area contributed by atoms with Gasteiger partial charge < -0.3 is 5.32 Å². The Hall–Kier alpha value is -1.03. The molecule has 0 bridgehead atoms. The number of aryl methyl sites for hydroxylation is 2. The van der Waals surface area contributed by atoms with Crippen molar-refractivity contribution in [2.75, 3.05) is 0 Å². The molecule has 2 unspecified atom stereocenters. The highest BCUT2D eigenvalue weighted by Gasteiger charge is 2.27. The molecule has 1 aromatic rings. The molecule has 0 aliphatic heterocycles. The first kappa shape index (κ1) is 12.4. The highest BCUT2D eigenvalue weighted by molar-refractivity contribution is 6.21. The Bertz CT molecular complexity index is 416. The van der Waals surface area contributed by atoms with E-state index in [0.717, 1.165) is 25.0 Å². The van der Waals surface area contributed by atoms with Crippen molar-refractivity contribution in [2.45, 2.75) is 51.1 Å². The zero-order valence-electron chi connectivity index (χ0n) is 10.2. The average Bonchev–Trinajstić information content (AvgIpc) is 2.85. The zero-order chi connectivity index (χ0) is 12.4. The number of nitrogens with zero attached hydrogens (tertiary/aromatic N) is 2. The van der Waals surface area contributed by atoms with Crippen LogP contribution in [0.1, 0.15) is 42.4 Å². The maximum absolute atomic E-state index is 12.1. The first-order valence-electron chi connectivity index (χ1n) is 6.11. The molecule has 94 valence electrons. The van der Waals surface area contributed by atoms with E-state index in [4.69, 9.17) is 11.6 Å². The molecule has 17 heavy (non-hydrogen) atoms. The van der Waals surface area contributed by atoms with Gasteiger partial charge in [-0.25, -0.2) is 0 Å². The summed E-state index contributed by atoms with van der Waals surface area (Å²) in [6, 6.07) is 1.92. The van der Waals surface area contributed by atoms with Gasteiger partial charge in [0.15, 0.2) is 0 Å². The Morgan fingerprint density at radius 2 is 2.41 bits per heavy atom. The minimum absolute atomic E-state index is 0.0648. The quantitative estimate of drug-likeness (QED) is 0.841. The average molecular weight is 256 g/mol. The van der Waals surface area contributed by atoms with Crippen LogP contribution in [0.3, 0.4) is 0 Å². The summed E-state index contributed by atoms with van der Waals surface area (Å²) in [5.74, 6) is -0.0648. The summed E-state index contributed by atoms with van der Waals surface area (Å²) in [4.78, 5) is 12.1. The minimum Gasteiger partial charge on any atom is -0.346 e. The van der Waals surface area contributed by atoms with Crippen LogP contribution in [0.4, 0.5) is 0 Å². The Balaban J connectivity index is 2.08. The lowest BCUT2D eigenvalue weighted by Gasteiger charge is -2.15. The lowest BCUT2D eigenvalue weighted by molar-refractivity contribution is 0.0927. The van der Waals surface area contributed by atoms with Gasteiger partial charge in [0.25, 0.3) is 5.91 Å². The Kier molecular flexibility index (Phi) is 3.72. The summed E-state index contributed by atoms with van der Waals surface area (Å²) < 4.78 is 1.73. The zero-order valence-corrected chi connectivity index (χ0v) is 11.0. The van der Waals surface area contributed by atoms with Crippen LogP contribution in [0, 0.1) is 6.92 Å². The van der Waals surface area contributed by atoms with Crippen molar-refractivity contribution >= 4 is 17.5 Å². The summed E-state index contributed by atoms with van der Waals surface area (Å²) in [6.07, 6.45) is 3.04. The Labute approximate surface area is 106 Å². The number of hydrogen-bond acceptors (Lipinski definition) is 2. The fourth-order valence-corrected chi connectivity index (χ4v) is 2.63. The van der Waals surface area contributed by atoms with Crippen LogP contribution in [-0.4, -0.2) is 27.1 Å². The van der Waals surface area contributed by atoms with E-state index in [1.165, 1.54) is 0 Å². The fraction of sp³-hybridized carbons (Fsp3) is 0.667. The van der Waals surface area contributed by atoms with Crippen molar-refractivity contribution in [1.29, 1.82) is 0 Å². The molecule has 4 nitrogen and oxygen atoms in total. The summed E-state index contributed by atoms with van der Waals surface area (Å²) in [5.41, 5.74) is 1.49. The van der Waals surface area contributed by atoms with Crippen LogP contribution in [0.5, 0.6) is 0 Å². The van der Waals surface area contributed by atoms with Crippen molar-refractivity contribution in [1.82, 2.24) is 15.1 Å². The number of carbonyl (C=O) groups excluding carboxylic acids is 1. The molecule has 1 heterocycles. The van der Waals surface area contributed by atoms with Gasteiger partial charge >= 0.3 is 0 Å². The number of rotatable bonds is 3. The third-order valence-corrected chi connectivity index (χ3v) is 3.70. The maximum atomic E-state index is 12.1. The highest BCUT2D eigenvalue weighted by atomic mass is 35.5. The molecule has 0 spiro atoms. The van der Waals surface area contributed by atoms with Gasteiger partial charge in [-0.15, -0.1) is 11.6 Å². The molecule has 5 heteroatoms. The molecule has 2 atom stereocenters. The molecule has 0 radical (unpaired) electrons. The topological polar surface area (TPSA) is 46.9 Å². The molecule has 0 aromatic carbocycles. The summed E-state index contributed by atoms with van der Waals surface area (Å²) in [7, 11) is 0. The van der Waals surface area contributed by atoms with Gasteiger partial charge in [0.2, 0.25) is 0 Å². The number of aromatic nitrogens is 2. The van der Waals surface area contributed by atoms with E-state index in [0.29, 0.717) is 12.2 Å². The highest BCUT2D eigenvalue weighted by Crippen LogP contribution is 2.24. The van der Waals surface area contributed by atoms with Crippen LogP contribution in [-0.2, 0) is 6.54 Å². The molecule has 1 aliphatic carbocycles. The Morgan fingerprint density at radius 1 is 1.65 bits per heavy atom. The van der Waals surface area contributed by atoms with E-state index in [-0.39, 0.29) is 17.3 Å². The number of carbonyl (C=O) groups is 1. The van der Waals surface area contributed by atoms with Crippen LogP contribution >= 0.6 is 11.6 Å². The lowest BCUT2D eigenvalue weighted by Crippen LogP contribution is -2.38. The van der Waals surface area contributed by atoms with E-state index in [1.807, 2.05) is 19.9 Å². The molecule has 1 aliphatic rings. The van der Waals surface area contributed by atoms with Crippen molar-refractivity contribution in [3.8, 4) is 0 Å². The van der Waals surface area contributed by atoms with E-state index in [9.17, 15) is 4.79 Å². The smallest absolute Gasteiger partial charge is 0.269 e. The van der Waals surface area contributed by atoms with Gasteiger partial charge in [-0.3, -0.25) is 9.48 Å². The number of hydrogen-bond donors (Lipinski definition) is 1. The minimum atomic E-state index is -0.0648. The van der Waals surface area contributed by atoms with Gasteiger partial charge in [-0.2, -0.15) is 5.10 Å². The first-order valence-corrected chi connectivity index (χ1v) is 6.55. The maximum Gasteiger partial charge on any atom is 0.269 e. The standard InChI is InChI=1S/C12H18ClN3O/c1-3-16-11(7-8(2)15-16)12(17)14-10-6-4-5-9(10)13/h7,9-10H,3-6H2,1-2H3,(H,14,17). The Morgan fingerprint density at radius 3 is 3.00 bits per heavy atom. The number of alkyl halides is 1. The number of amides is 1. The lowest BCUT2D eigenvalue weighted by atomic mass is 10.2. The second kappa shape index (κ2) is 5.08. The van der Waals surface area contributed by atoms with Crippen molar-refractivity contribution in [2.24, 2.45) is 0 Å². The van der Waals surface area contributed by atoms with Crippen LogP contribution in [0.15, 0.2) is 6.07 Å². The predicted molar refractivity (Wildman–Crippen MR) is 67.4 cm³/mol. The number of halogens is 1. The summed E-state index contributed by atoms with van der Waals surface area (Å²) >= 11 is 6.15. The second-order valence-electron chi connectivity index (χ2n) is 4.51. The molecule has 1 aromatic heterocycles. The van der Waals surface area contributed by atoms with Gasteiger partial charge in [0.05, 0.1) is 11.1 Å². The predicted octanol–water partition coefficient (Wildman–Crippen LogP) is 2.10.